The Morgan fingerprint density at radius 3 is 2.36 bits per heavy atom. The molecule has 6 heteroatoms. The van der Waals surface area contributed by atoms with Crippen LogP contribution in [0.4, 0.5) is 10.1 Å². The van der Waals surface area contributed by atoms with Crippen molar-refractivity contribution in [2.24, 2.45) is 0 Å². The molecule has 0 radical (unpaired) electrons. The largest absolute Gasteiger partial charge is 0.496 e. The van der Waals surface area contributed by atoms with Crippen LogP contribution in [0.3, 0.4) is 0 Å². The number of methoxy groups -OCH3 is 2. The number of anilines is 1. The lowest BCUT2D eigenvalue weighted by Gasteiger charge is -2.14. The highest BCUT2D eigenvalue weighted by Gasteiger charge is 2.12. The zero-order valence-electron chi connectivity index (χ0n) is 15.6. The average Bonchev–Trinajstić information content (AvgIpc) is 2.72. The van der Waals surface area contributed by atoms with Gasteiger partial charge in [0.15, 0.2) is 11.5 Å². The lowest BCUT2D eigenvalue weighted by Crippen LogP contribution is -2.13. The van der Waals surface area contributed by atoms with Crippen LogP contribution in [0.5, 0.6) is 17.2 Å². The summed E-state index contributed by atoms with van der Waals surface area (Å²) < 4.78 is 29.8. The van der Waals surface area contributed by atoms with E-state index in [1.165, 1.54) is 18.2 Å². The maximum Gasteiger partial charge on any atom is 0.255 e. The van der Waals surface area contributed by atoms with Crippen LogP contribution in [0.25, 0.3) is 0 Å². The molecular formula is C22H20FNO4. The minimum atomic E-state index is -0.418. The molecule has 1 amide bonds. The summed E-state index contributed by atoms with van der Waals surface area (Å²) in [7, 11) is 3.12. The molecule has 3 aromatic rings. The van der Waals surface area contributed by atoms with Crippen molar-refractivity contribution in [3.8, 4) is 17.2 Å². The highest BCUT2D eigenvalue weighted by Crippen LogP contribution is 2.28. The van der Waals surface area contributed by atoms with Crippen molar-refractivity contribution in [2.75, 3.05) is 19.5 Å². The van der Waals surface area contributed by atoms with Crippen LogP contribution in [0, 0.1) is 5.82 Å². The Morgan fingerprint density at radius 1 is 0.893 bits per heavy atom. The van der Waals surface area contributed by atoms with Crippen LogP contribution in [0.1, 0.15) is 15.9 Å². The zero-order valence-corrected chi connectivity index (χ0v) is 15.6. The standard InChI is InChI=1S/C22H20FNO4/c1-26-19-11-10-15(22(25)24-18-7-5-6-17(23)13-18)12-16(19)14-28-21-9-4-3-8-20(21)27-2/h3-13H,14H2,1-2H3,(H,24,25). The molecule has 0 aliphatic carbocycles. The van der Waals surface area contributed by atoms with E-state index < -0.39 is 5.82 Å². The van der Waals surface area contributed by atoms with E-state index in [9.17, 15) is 9.18 Å². The van der Waals surface area contributed by atoms with Crippen LogP contribution >= 0.6 is 0 Å². The summed E-state index contributed by atoms with van der Waals surface area (Å²) in [5, 5.41) is 2.68. The number of carbonyl (C=O) groups excluding carboxylic acids is 1. The minimum absolute atomic E-state index is 0.185. The first-order chi connectivity index (χ1) is 13.6. The average molecular weight is 381 g/mol. The number of hydrogen-bond donors (Lipinski definition) is 1. The Morgan fingerprint density at radius 2 is 1.64 bits per heavy atom. The Hall–Kier alpha value is -3.54. The molecule has 5 nitrogen and oxygen atoms in total. The molecule has 3 aromatic carbocycles. The molecule has 1 N–H and O–H groups in total. The molecule has 0 aromatic heterocycles. The third-order valence-electron chi connectivity index (χ3n) is 4.08. The van der Waals surface area contributed by atoms with Crippen LogP contribution in [0.2, 0.25) is 0 Å². The fraction of sp³-hybridized carbons (Fsp3) is 0.136. The molecule has 0 heterocycles. The maximum atomic E-state index is 13.3. The molecule has 0 spiro atoms. The van der Waals surface area contributed by atoms with E-state index in [0.717, 1.165) is 0 Å². The summed E-state index contributed by atoms with van der Waals surface area (Å²) in [6.45, 7) is 0.185. The van der Waals surface area contributed by atoms with Gasteiger partial charge in [0.2, 0.25) is 0 Å². The van der Waals surface area contributed by atoms with E-state index in [2.05, 4.69) is 5.32 Å². The predicted octanol–water partition coefficient (Wildman–Crippen LogP) is 4.67. The highest BCUT2D eigenvalue weighted by atomic mass is 19.1. The second kappa shape index (κ2) is 8.90. The summed E-state index contributed by atoms with van der Waals surface area (Å²) in [5.41, 5.74) is 1.48. The SMILES string of the molecule is COc1ccc(C(=O)Nc2cccc(F)c2)cc1COc1ccccc1OC. The summed E-state index contributed by atoms with van der Waals surface area (Å²) in [5.74, 6) is 1.02. The number of para-hydroxylation sites is 2. The molecule has 3 rings (SSSR count). The van der Waals surface area contributed by atoms with E-state index in [-0.39, 0.29) is 12.5 Å². The number of nitrogens with one attached hydrogen (secondary N) is 1. The van der Waals surface area contributed by atoms with E-state index >= 15 is 0 Å². The molecule has 144 valence electrons. The van der Waals surface area contributed by atoms with Gasteiger partial charge < -0.3 is 19.5 Å². The molecule has 28 heavy (non-hydrogen) atoms. The normalized spacial score (nSPS) is 10.2. The van der Waals surface area contributed by atoms with Gasteiger partial charge in [-0.05, 0) is 48.5 Å². The van der Waals surface area contributed by atoms with Gasteiger partial charge in [-0.3, -0.25) is 4.79 Å². The molecule has 0 bridgehead atoms. The van der Waals surface area contributed by atoms with Crippen LogP contribution in [0.15, 0.2) is 66.7 Å². The third-order valence-corrected chi connectivity index (χ3v) is 4.08. The monoisotopic (exact) mass is 381 g/mol. The fourth-order valence-corrected chi connectivity index (χ4v) is 2.70. The lowest BCUT2D eigenvalue weighted by atomic mass is 10.1. The number of hydrogen-bond acceptors (Lipinski definition) is 4. The highest BCUT2D eigenvalue weighted by molar-refractivity contribution is 6.04. The number of carbonyl (C=O) groups is 1. The Balaban J connectivity index is 1.78. The van der Waals surface area contributed by atoms with Crippen molar-refractivity contribution in [3.05, 3.63) is 83.7 Å². The van der Waals surface area contributed by atoms with Gasteiger partial charge in [-0.1, -0.05) is 18.2 Å². The van der Waals surface area contributed by atoms with Gasteiger partial charge >= 0.3 is 0 Å². The van der Waals surface area contributed by atoms with Crippen LogP contribution < -0.4 is 19.5 Å². The lowest BCUT2D eigenvalue weighted by molar-refractivity contribution is 0.102. The first-order valence-electron chi connectivity index (χ1n) is 8.60. The number of halogens is 1. The first kappa shape index (κ1) is 19.2. The zero-order chi connectivity index (χ0) is 19.9. The van der Waals surface area contributed by atoms with E-state index in [4.69, 9.17) is 14.2 Å². The Labute approximate surface area is 162 Å². The quantitative estimate of drug-likeness (QED) is 0.646. The molecular weight excluding hydrogens is 361 g/mol. The molecule has 0 atom stereocenters. The van der Waals surface area contributed by atoms with Gasteiger partial charge in [-0.2, -0.15) is 0 Å². The van der Waals surface area contributed by atoms with Crippen LogP contribution in [-0.2, 0) is 6.61 Å². The van der Waals surface area contributed by atoms with Gasteiger partial charge in [0.05, 0.1) is 14.2 Å². The molecule has 0 fully saturated rings. The van der Waals surface area contributed by atoms with E-state index in [1.54, 1.807) is 50.6 Å². The van der Waals surface area contributed by atoms with Gasteiger partial charge in [0.25, 0.3) is 5.91 Å². The topological polar surface area (TPSA) is 56.8 Å². The maximum absolute atomic E-state index is 13.3. The van der Waals surface area contributed by atoms with Gasteiger partial charge in [0, 0.05) is 16.8 Å². The Kier molecular flexibility index (Phi) is 6.11. The molecule has 0 saturated heterocycles. The second-order valence-electron chi connectivity index (χ2n) is 5.93. The first-order valence-corrected chi connectivity index (χ1v) is 8.60. The number of amides is 1. The molecule has 0 aliphatic rings. The van der Waals surface area contributed by atoms with E-state index in [1.807, 2.05) is 12.1 Å². The van der Waals surface area contributed by atoms with Gasteiger partial charge in [-0.15, -0.1) is 0 Å². The van der Waals surface area contributed by atoms with Crippen molar-refractivity contribution in [1.82, 2.24) is 0 Å². The predicted molar refractivity (Wildman–Crippen MR) is 105 cm³/mol. The second-order valence-corrected chi connectivity index (χ2v) is 5.93. The van der Waals surface area contributed by atoms with Crippen molar-refractivity contribution < 1.29 is 23.4 Å². The third kappa shape index (κ3) is 4.59. The van der Waals surface area contributed by atoms with Crippen molar-refractivity contribution in [2.45, 2.75) is 6.61 Å². The van der Waals surface area contributed by atoms with Gasteiger partial charge in [-0.25, -0.2) is 4.39 Å². The minimum Gasteiger partial charge on any atom is -0.496 e. The van der Waals surface area contributed by atoms with Crippen LogP contribution in [-0.4, -0.2) is 20.1 Å². The summed E-state index contributed by atoms with van der Waals surface area (Å²) in [6, 6.07) is 18.0. The summed E-state index contributed by atoms with van der Waals surface area (Å²) in [4.78, 5) is 12.5. The number of ether oxygens (including phenoxy) is 3. The van der Waals surface area contributed by atoms with Crippen molar-refractivity contribution in [1.29, 1.82) is 0 Å². The smallest absolute Gasteiger partial charge is 0.255 e. The Bertz CT molecular complexity index is 974. The molecule has 0 aliphatic heterocycles. The molecule has 0 saturated carbocycles. The fourth-order valence-electron chi connectivity index (χ4n) is 2.70. The van der Waals surface area contributed by atoms with Gasteiger partial charge in [0.1, 0.15) is 18.2 Å². The number of benzene rings is 3. The molecule has 0 unspecified atom stereocenters. The summed E-state index contributed by atoms with van der Waals surface area (Å²) >= 11 is 0. The number of rotatable bonds is 7. The van der Waals surface area contributed by atoms with Crippen molar-refractivity contribution in [3.63, 3.8) is 0 Å². The van der Waals surface area contributed by atoms with E-state index in [0.29, 0.717) is 34.1 Å². The summed E-state index contributed by atoms with van der Waals surface area (Å²) in [6.07, 6.45) is 0. The van der Waals surface area contributed by atoms with Crippen molar-refractivity contribution >= 4 is 11.6 Å².